The summed E-state index contributed by atoms with van der Waals surface area (Å²) < 4.78 is 16.7. The van der Waals surface area contributed by atoms with Crippen LogP contribution in [0.4, 0.5) is 0 Å². The Morgan fingerprint density at radius 1 is 1.16 bits per heavy atom. The summed E-state index contributed by atoms with van der Waals surface area (Å²) >= 11 is 0. The van der Waals surface area contributed by atoms with Gasteiger partial charge < -0.3 is 19.3 Å². The van der Waals surface area contributed by atoms with E-state index in [-0.39, 0.29) is 0 Å². The fraction of sp³-hybridized carbons (Fsp3) is 0.700. The van der Waals surface area contributed by atoms with Crippen molar-refractivity contribution in [3.05, 3.63) is 23.3 Å². The Morgan fingerprint density at radius 3 is 2.52 bits per heavy atom. The Kier molecular flexibility index (Phi) is 6.20. The van der Waals surface area contributed by atoms with E-state index >= 15 is 0 Å². The molecule has 1 aliphatic heterocycles. The Morgan fingerprint density at radius 2 is 1.88 bits per heavy atom. The van der Waals surface area contributed by atoms with Crippen molar-refractivity contribution in [1.82, 2.24) is 4.90 Å². The number of β-amino-alcohol motifs (C(OH)–C–C–N with tert-alkyl or cyclic N) is 1. The van der Waals surface area contributed by atoms with E-state index in [4.69, 9.17) is 14.2 Å². The smallest absolute Gasteiger partial charge is 0.161 e. The highest BCUT2D eigenvalue weighted by Crippen LogP contribution is 2.33. The third-order valence-electron chi connectivity index (χ3n) is 5.55. The minimum atomic E-state index is -0.436. The van der Waals surface area contributed by atoms with Crippen LogP contribution in [0, 0.1) is 5.92 Å². The normalized spacial score (nSPS) is 24.8. The number of nitrogens with zero attached hydrogens (tertiary/aromatic N) is 1. The SMILES string of the molecule is COc1cc2c(cc1OC)CN(C[C@H](O)CO[C@@H]1CCC[C@@H]1C)CC2. The van der Waals surface area contributed by atoms with Gasteiger partial charge in [-0.1, -0.05) is 13.3 Å². The molecule has 3 rings (SSSR count). The molecule has 0 radical (unpaired) electrons. The molecule has 0 amide bonds. The summed E-state index contributed by atoms with van der Waals surface area (Å²) in [6, 6.07) is 4.13. The van der Waals surface area contributed by atoms with Gasteiger partial charge in [-0.05, 0) is 48.4 Å². The fourth-order valence-corrected chi connectivity index (χ4v) is 4.04. The molecule has 3 atom stereocenters. The molecule has 0 saturated heterocycles. The molecule has 1 fully saturated rings. The maximum atomic E-state index is 10.4. The lowest BCUT2D eigenvalue weighted by Gasteiger charge is -2.31. The van der Waals surface area contributed by atoms with Gasteiger partial charge in [0.1, 0.15) is 0 Å². The Hall–Kier alpha value is -1.30. The van der Waals surface area contributed by atoms with Gasteiger partial charge in [0.05, 0.1) is 33.0 Å². The standard InChI is InChI=1S/C20H31NO4/c1-14-5-4-6-18(14)25-13-17(22)12-21-8-7-15-9-19(23-2)20(24-3)10-16(15)11-21/h9-10,14,17-18,22H,4-8,11-13H2,1-3H3/t14-,17-,18+/m0/s1. The van der Waals surface area contributed by atoms with Crippen LogP contribution in [0.3, 0.4) is 0 Å². The van der Waals surface area contributed by atoms with E-state index < -0.39 is 6.10 Å². The lowest BCUT2D eigenvalue weighted by atomic mass is 9.98. The van der Waals surface area contributed by atoms with Gasteiger partial charge in [0.15, 0.2) is 11.5 Å². The van der Waals surface area contributed by atoms with Gasteiger partial charge in [-0.15, -0.1) is 0 Å². The zero-order valence-corrected chi connectivity index (χ0v) is 15.7. The average molecular weight is 349 g/mol. The highest BCUT2D eigenvalue weighted by molar-refractivity contribution is 5.48. The van der Waals surface area contributed by atoms with Crippen molar-refractivity contribution in [1.29, 1.82) is 0 Å². The molecule has 2 aliphatic rings. The van der Waals surface area contributed by atoms with E-state index in [0.717, 1.165) is 37.4 Å². The number of aliphatic hydroxyl groups is 1. The number of methoxy groups -OCH3 is 2. The third kappa shape index (κ3) is 4.46. The average Bonchev–Trinajstić information content (AvgIpc) is 3.03. The van der Waals surface area contributed by atoms with Crippen LogP contribution in [-0.4, -0.2) is 56.1 Å². The summed E-state index contributed by atoms with van der Waals surface area (Å²) in [5.41, 5.74) is 2.56. The van der Waals surface area contributed by atoms with Gasteiger partial charge in [0, 0.05) is 19.6 Å². The fourth-order valence-electron chi connectivity index (χ4n) is 4.04. The molecule has 0 aromatic heterocycles. The summed E-state index contributed by atoms with van der Waals surface area (Å²) in [7, 11) is 3.33. The van der Waals surface area contributed by atoms with Gasteiger partial charge in [0.2, 0.25) is 0 Å². The van der Waals surface area contributed by atoms with Crippen LogP contribution in [-0.2, 0) is 17.7 Å². The largest absolute Gasteiger partial charge is 0.493 e. The zero-order chi connectivity index (χ0) is 17.8. The first-order valence-electron chi connectivity index (χ1n) is 9.36. The van der Waals surface area contributed by atoms with Gasteiger partial charge in [-0.2, -0.15) is 0 Å². The van der Waals surface area contributed by atoms with E-state index in [1.54, 1.807) is 14.2 Å². The van der Waals surface area contributed by atoms with Crippen LogP contribution in [0.1, 0.15) is 37.3 Å². The summed E-state index contributed by atoms with van der Waals surface area (Å²) in [5.74, 6) is 2.17. The van der Waals surface area contributed by atoms with E-state index in [0.29, 0.717) is 25.2 Å². The molecule has 5 nitrogen and oxygen atoms in total. The summed E-state index contributed by atoms with van der Waals surface area (Å²) in [4.78, 5) is 2.29. The Bertz CT molecular complexity index is 577. The van der Waals surface area contributed by atoms with Gasteiger partial charge in [-0.3, -0.25) is 4.90 Å². The quantitative estimate of drug-likeness (QED) is 0.820. The van der Waals surface area contributed by atoms with E-state index in [1.165, 1.54) is 24.0 Å². The molecule has 1 aliphatic carbocycles. The second-order valence-corrected chi connectivity index (χ2v) is 7.39. The van der Waals surface area contributed by atoms with E-state index in [2.05, 4.69) is 24.0 Å². The lowest BCUT2D eigenvalue weighted by Crippen LogP contribution is -2.39. The number of hydrogen-bond donors (Lipinski definition) is 1. The lowest BCUT2D eigenvalue weighted by molar-refractivity contribution is -0.0329. The molecule has 1 aromatic rings. The molecule has 0 unspecified atom stereocenters. The zero-order valence-electron chi connectivity index (χ0n) is 15.7. The highest BCUT2D eigenvalue weighted by atomic mass is 16.5. The molecular formula is C20H31NO4. The topological polar surface area (TPSA) is 51.2 Å². The predicted octanol–water partition coefficient (Wildman–Crippen LogP) is 2.63. The van der Waals surface area contributed by atoms with Gasteiger partial charge in [-0.25, -0.2) is 0 Å². The number of hydrogen-bond acceptors (Lipinski definition) is 5. The van der Waals surface area contributed by atoms with Crippen molar-refractivity contribution >= 4 is 0 Å². The van der Waals surface area contributed by atoms with Gasteiger partial charge >= 0.3 is 0 Å². The second kappa shape index (κ2) is 8.39. The molecule has 0 bridgehead atoms. The predicted molar refractivity (Wildman–Crippen MR) is 97.3 cm³/mol. The minimum absolute atomic E-state index is 0.327. The number of ether oxygens (including phenoxy) is 3. The molecule has 1 saturated carbocycles. The monoisotopic (exact) mass is 349 g/mol. The maximum absolute atomic E-state index is 10.4. The molecule has 25 heavy (non-hydrogen) atoms. The van der Waals surface area contributed by atoms with Crippen molar-refractivity contribution in [3.8, 4) is 11.5 Å². The first-order valence-corrected chi connectivity index (χ1v) is 9.36. The maximum Gasteiger partial charge on any atom is 0.161 e. The van der Waals surface area contributed by atoms with Gasteiger partial charge in [0.25, 0.3) is 0 Å². The molecule has 1 N–H and O–H groups in total. The van der Waals surface area contributed by atoms with Crippen LogP contribution in [0.2, 0.25) is 0 Å². The number of fused-ring (bicyclic) bond motifs is 1. The number of benzene rings is 1. The molecule has 5 heteroatoms. The van der Waals surface area contributed by atoms with Crippen LogP contribution < -0.4 is 9.47 Å². The molecule has 1 aromatic carbocycles. The van der Waals surface area contributed by atoms with Crippen molar-refractivity contribution in [3.63, 3.8) is 0 Å². The van der Waals surface area contributed by atoms with Crippen molar-refractivity contribution in [2.45, 2.75) is 51.4 Å². The Labute approximate surface area is 150 Å². The summed E-state index contributed by atoms with van der Waals surface area (Å²) in [5, 5.41) is 10.4. The number of rotatable bonds is 7. The van der Waals surface area contributed by atoms with Crippen LogP contribution >= 0.6 is 0 Å². The van der Waals surface area contributed by atoms with Crippen molar-refractivity contribution in [2.75, 3.05) is 33.9 Å². The Balaban J connectivity index is 1.53. The van der Waals surface area contributed by atoms with Crippen molar-refractivity contribution < 1.29 is 19.3 Å². The number of aliphatic hydroxyl groups excluding tert-OH is 1. The van der Waals surface area contributed by atoms with E-state index in [9.17, 15) is 5.11 Å². The molecule has 140 valence electrons. The van der Waals surface area contributed by atoms with E-state index in [1.807, 2.05) is 0 Å². The van der Waals surface area contributed by atoms with Crippen LogP contribution in [0.15, 0.2) is 12.1 Å². The summed E-state index contributed by atoms with van der Waals surface area (Å²) in [6.07, 6.45) is 4.48. The highest BCUT2D eigenvalue weighted by Gasteiger charge is 2.26. The molecule has 0 spiro atoms. The van der Waals surface area contributed by atoms with Crippen LogP contribution in [0.25, 0.3) is 0 Å². The summed E-state index contributed by atoms with van der Waals surface area (Å²) in [6.45, 7) is 5.10. The first-order chi connectivity index (χ1) is 12.1. The van der Waals surface area contributed by atoms with Crippen molar-refractivity contribution in [2.24, 2.45) is 5.92 Å². The third-order valence-corrected chi connectivity index (χ3v) is 5.55. The first kappa shape index (κ1) is 18.5. The minimum Gasteiger partial charge on any atom is -0.493 e. The second-order valence-electron chi connectivity index (χ2n) is 7.39. The molecule has 1 heterocycles. The molecular weight excluding hydrogens is 318 g/mol. The van der Waals surface area contributed by atoms with Crippen LogP contribution in [0.5, 0.6) is 11.5 Å².